The fraction of sp³-hybridized carbons (Fsp3) is 0.735. The predicted octanol–water partition coefficient (Wildman–Crippen LogP) is 16.2. The number of benzene rings is 2. The second kappa shape index (κ2) is 25.9. The smallest absolute Gasteiger partial charge is 0.318 e. The molecule has 0 heterocycles. The molecule has 2 aromatic carbocycles. The highest BCUT2D eigenvalue weighted by Gasteiger charge is 2.30. The lowest BCUT2D eigenvalue weighted by molar-refractivity contribution is -0.132. The monoisotopic (exact) mass is 833 g/mol. The zero-order valence-electron chi connectivity index (χ0n) is 38.0. The van der Waals surface area contributed by atoms with E-state index in [0.717, 1.165) is 44.9 Å². The fourth-order valence-corrected chi connectivity index (χ4v) is 13.0. The number of carbonyl (C=O) groups excluding carboxylic acids is 1. The van der Waals surface area contributed by atoms with Gasteiger partial charge in [-0.25, -0.2) is 0 Å². The summed E-state index contributed by atoms with van der Waals surface area (Å²) in [4.78, 5) is 16.4. The minimum absolute atomic E-state index is 0.125. The summed E-state index contributed by atoms with van der Waals surface area (Å²) >= 11 is 2.47. The number of phenols is 2. The highest BCUT2D eigenvalue weighted by Crippen LogP contribution is 2.53. The number of thioether (sulfide) groups is 2. The number of carbonyl (C=O) groups is 1. The van der Waals surface area contributed by atoms with E-state index in [1.165, 1.54) is 103 Å². The molecule has 0 bridgehead atoms. The van der Waals surface area contributed by atoms with Crippen LogP contribution in [0.25, 0.3) is 0 Å². The van der Waals surface area contributed by atoms with Crippen LogP contribution in [0.3, 0.4) is 0 Å². The maximum Gasteiger partial charge on any atom is 0.318 e. The van der Waals surface area contributed by atoms with Crippen LogP contribution in [0.2, 0.25) is 0 Å². The Morgan fingerprint density at radius 3 is 1.30 bits per heavy atom. The number of phenolic OH excluding ortho intramolecular Hbond substituents is 2. The molecule has 0 saturated heterocycles. The van der Waals surface area contributed by atoms with Crippen LogP contribution in [-0.4, -0.2) is 31.3 Å². The second-order valence-corrected chi connectivity index (χ2v) is 23.4. The van der Waals surface area contributed by atoms with Crippen molar-refractivity contribution >= 4 is 40.7 Å². The fourth-order valence-electron chi connectivity index (χ4n) is 7.46. The molecule has 0 saturated carbocycles. The third kappa shape index (κ3) is 17.8. The van der Waals surface area contributed by atoms with Crippen molar-refractivity contribution in [3.63, 3.8) is 0 Å². The summed E-state index contributed by atoms with van der Waals surface area (Å²) in [6, 6.07) is 7.80. The lowest BCUT2D eigenvalue weighted by Crippen LogP contribution is -2.18. The van der Waals surface area contributed by atoms with Crippen LogP contribution >= 0.6 is 34.7 Å². The number of hydrogen-bond donors (Lipinski definition) is 3. The maximum absolute atomic E-state index is 14.5. The molecule has 0 amide bonds. The Hall–Kier alpha value is -1.44. The Balaban J connectivity index is 2.46. The Morgan fingerprint density at radius 1 is 0.607 bits per heavy atom. The van der Waals surface area contributed by atoms with Crippen LogP contribution in [0.4, 0.5) is 0 Å². The third-order valence-corrected chi connectivity index (χ3v) is 16.8. The van der Waals surface area contributed by atoms with Gasteiger partial charge < -0.3 is 14.4 Å². The molecule has 0 radical (unpaired) electrons. The first-order chi connectivity index (χ1) is 26.5. The van der Waals surface area contributed by atoms with Gasteiger partial charge in [-0.15, -0.1) is 23.5 Å². The van der Waals surface area contributed by atoms with E-state index in [4.69, 9.17) is 4.18 Å². The van der Waals surface area contributed by atoms with E-state index < -0.39 is 11.2 Å². The van der Waals surface area contributed by atoms with E-state index >= 15 is 0 Å². The Morgan fingerprint density at radius 2 is 0.964 bits per heavy atom. The van der Waals surface area contributed by atoms with Gasteiger partial charge in [-0.1, -0.05) is 159 Å². The summed E-state index contributed by atoms with van der Waals surface area (Å²) in [6.45, 7) is 25.8. The van der Waals surface area contributed by atoms with E-state index in [1.807, 2.05) is 49.5 Å². The summed E-state index contributed by atoms with van der Waals surface area (Å²) in [5.74, 6) is 0.375. The van der Waals surface area contributed by atoms with Gasteiger partial charge in [0.15, 0.2) is 0 Å². The van der Waals surface area contributed by atoms with Gasteiger partial charge in [0.2, 0.25) is 0 Å². The molecule has 2 unspecified atom stereocenters. The number of aryl methyl sites for hydroxylation is 2. The lowest BCUT2D eigenvalue weighted by atomic mass is 9.86. The van der Waals surface area contributed by atoms with E-state index in [9.17, 15) is 15.0 Å². The zero-order chi connectivity index (χ0) is 41.9. The van der Waals surface area contributed by atoms with Gasteiger partial charge in [0.05, 0.1) is 11.0 Å². The first kappa shape index (κ1) is 50.7. The molecule has 56 heavy (non-hydrogen) atoms. The van der Waals surface area contributed by atoms with Gasteiger partial charge in [0.1, 0.15) is 11.5 Å². The molecule has 322 valence electrons. The number of thiol groups is 1. The molecule has 2 atom stereocenters. The molecule has 0 aromatic heterocycles. The minimum Gasteiger partial charge on any atom is -0.508 e. The van der Waals surface area contributed by atoms with Crippen molar-refractivity contribution in [2.24, 2.45) is 0 Å². The van der Waals surface area contributed by atoms with Crippen LogP contribution in [0.1, 0.15) is 213 Å². The number of unbranched alkanes of at least 4 members (excludes halogenated alkanes) is 12. The Bertz CT molecular complexity index is 1330. The molecule has 0 spiro atoms. The molecule has 0 fully saturated rings. The molecule has 0 aliphatic heterocycles. The summed E-state index contributed by atoms with van der Waals surface area (Å²) in [5, 5.41) is 23.2. The normalized spacial score (nSPS) is 14.1. The van der Waals surface area contributed by atoms with E-state index in [2.05, 4.69) is 81.4 Å². The summed E-state index contributed by atoms with van der Waals surface area (Å²) in [6.07, 6.45) is 23.4. The topological polar surface area (TPSA) is 66.8 Å². The molecule has 2 N–H and O–H groups in total. The van der Waals surface area contributed by atoms with Crippen molar-refractivity contribution < 1.29 is 19.2 Å². The van der Waals surface area contributed by atoms with Crippen LogP contribution in [0, 0.1) is 13.8 Å². The summed E-state index contributed by atoms with van der Waals surface area (Å²) in [5.41, 5.74) is 2.88. The van der Waals surface area contributed by atoms with E-state index in [-0.39, 0.29) is 32.9 Å². The number of hydrogen-bond acceptors (Lipinski definition) is 6. The number of rotatable bonds is 27. The molecular weight excluding hydrogens is 749 g/mol. The molecular formula is C49H84O4S3. The average molecular weight is 833 g/mol. The highest BCUT2D eigenvalue weighted by molar-refractivity contribution is 8.17. The van der Waals surface area contributed by atoms with Crippen LogP contribution in [0.5, 0.6) is 11.5 Å². The minimum atomic E-state index is -1.59. The Kier molecular flexibility index (Phi) is 23.5. The highest BCUT2D eigenvalue weighted by atomic mass is 32.2. The van der Waals surface area contributed by atoms with Crippen molar-refractivity contribution in [1.82, 2.24) is 0 Å². The average Bonchev–Trinajstić information content (AvgIpc) is 3.11. The molecule has 0 aliphatic carbocycles. The van der Waals surface area contributed by atoms with E-state index in [0.29, 0.717) is 16.9 Å². The van der Waals surface area contributed by atoms with Crippen molar-refractivity contribution in [2.75, 3.05) is 0 Å². The summed E-state index contributed by atoms with van der Waals surface area (Å²) in [7, 11) is 0. The second-order valence-electron chi connectivity index (χ2n) is 18.4. The van der Waals surface area contributed by atoms with Gasteiger partial charge in [0, 0.05) is 31.4 Å². The van der Waals surface area contributed by atoms with Crippen LogP contribution in [-0.2, 0) is 19.8 Å². The lowest BCUT2D eigenvalue weighted by Gasteiger charge is -2.31. The maximum atomic E-state index is 14.5. The Labute approximate surface area is 356 Å². The van der Waals surface area contributed by atoms with Crippen molar-refractivity contribution in [1.29, 1.82) is 0 Å². The van der Waals surface area contributed by atoms with Gasteiger partial charge in [-0.2, -0.15) is 0 Å². The quantitative estimate of drug-likeness (QED) is 0.0473. The molecule has 2 aromatic rings. The predicted molar refractivity (Wildman–Crippen MR) is 252 cm³/mol. The standard InChI is InChI=1S/C49H84O4S3/c1-13-17-19-21-23-25-27-29-38(15-3)54-47(55-39(16-4)30-28-26-24-22-20-18-14-2)35-46(52)53-56(44-33-40(48(7,8)9)42(50)31-36(44)5)45-34-41(49(10,11)12)43(51)32-37(45)6/h31-34,38-39,47,50-51,56H,13-30,35H2,1-12H3. The van der Waals surface area contributed by atoms with Gasteiger partial charge >= 0.3 is 5.97 Å². The largest absolute Gasteiger partial charge is 0.508 e. The van der Waals surface area contributed by atoms with E-state index in [1.54, 1.807) is 0 Å². The molecule has 0 aliphatic rings. The van der Waals surface area contributed by atoms with Gasteiger partial charge in [-0.05, 0) is 96.9 Å². The van der Waals surface area contributed by atoms with Crippen LogP contribution in [0.15, 0.2) is 34.1 Å². The van der Waals surface area contributed by atoms with Crippen molar-refractivity contribution in [3.05, 3.63) is 46.5 Å². The van der Waals surface area contributed by atoms with Crippen molar-refractivity contribution in [3.8, 4) is 11.5 Å². The zero-order valence-corrected chi connectivity index (χ0v) is 40.5. The van der Waals surface area contributed by atoms with Gasteiger partial charge in [0.25, 0.3) is 0 Å². The third-order valence-electron chi connectivity index (χ3n) is 11.1. The molecule has 2 rings (SSSR count). The molecule has 4 nitrogen and oxygen atoms in total. The first-order valence-corrected chi connectivity index (χ1v) is 25.6. The van der Waals surface area contributed by atoms with Crippen molar-refractivity contribution in [2.45, 2.75) is 241 Å². The summed E-state index contributed by atoms with van der Waals surface area (Å²) < 4.78 is 6.91. The molecule has 7 heteroatoms. The first-order valence-electron chi connectivity index (χ1n) is 22.5. The number of aromatic hydroxyl groups is 2. The SMILES string of the molecule is CCCCCCCCCC(CC)SC(CC(=O)O[SH](c1cc(C(C)(C)C)c(O)cc1C)c1cc(C(C)(C)C)c(O)cc1C)SC(CC)CCCCCCCCC. The van der Waals surface area contributed by atoms with Crippen LogP contribution < -0.4 is 0 Å². The van der Waals surface area contributed by atoms with Gasteiger partial charge in [-0.3, -0.25) is 4.79 Å².